The number of hydrogen-bond acceptors (Lipinski definition) is 4. The quantitative estimate of drug-likeness (QED) is 0.603. The highest BCUT2D eigenvalue weighted by Gasteiger charge is 2.40. The third kappa shape index (κ3) is 5.76. The van der Waals surface area contributed by atoms with Crippen LogP contribution in [-0.2, 0) is 11.3 Å². The average molecular weight is 540 g/mol. The maximum absolute atomic E-state index is 13.6. The molecule has 0 aliphatic carbocycles. The average Bonchev–Trinajstić information content (AvgIpc) is 3.29. The van der Waals surface area contributed by atoms with Crippen molar-refractivity contribution in [1.29, 1.82) is 0 Å². The minimum Gasteiger partial charge on any atom is -0.484 e. The van der Waals surface area contributed by atoms with Crippen molar-refractivity contribution in [2.24, 2.45) is 0 Å². The molecule has 3 amide bonds. The van der Waals surface area contributed by atoms with Gasteiger partial charge in [0, 0.05) is 31.4 Å². The molecule has 4 rings (SSSR count). The normalized spacial score (nSPS) is 19.9. The van der Waals surface area contributed by atoms with E-state index in [-0.39, 0.29) is 29.4 Å². The molecule has 1 saturated heterocycles. The monoisotopic (exact) mass is 539 g/mol. The highest BCUT2D eigenvalue weighted by Crippen LogP contribution is 2.33. The molecule has 12 heteroatoms. The molecule has 2 atom stereocenters. The van der Waals surface area contributed by atoms with Crippen molar-refractivity contribution < 1.29 is 37.4 Å². The number of carbonyl (C=O) groups is 3. The molecule has 1 N–H and O–H groups in total. The summed E-state index contributed by atoms with van der Waals surface area (Å²) in [5.41, 5.74) is 1.30. The zero-order chi connectivity index (χ0) is 26.9. The van der Waals surface area contributed by atoms with Crippen LogP contribution in [0.15, 0.2) is 42.5 Å². The molecule has 0 aromatic heterocycles. The second kappa shape index (κ2) is 10.5. The van der Waals surface area contributed by atoms with E-state index in [2.05, 4.69) is 0 Å². The molecule has 0 saturated carbocycles. The molecule has 8 nitrogen and oxygen atoms in total. The maximum Gasteiger partial charge on any atom is 0.422 e. The number of urea groups is 1. The highest BCUT2D eigenvalue weighted by molar-refractivity contribution is 6.34. The number of alkyl halides is 3. The number of anilines is 1. The first-order valence-corrected chi connectivity index (χ1v) is 12.0. The molecule has 198 valence electrons. The van der Waals surface area contributed by atoms with E-state index >= 15 is 0 Å². The van der Waals surface area contributed by atoms with E-state index < -0.39 is 42.8 Å². The number of benzene rings is 2. The number of carboxylic acid groups (broad SMARTS) is 1. The summed E-state index contributed by atoms with van der Waals surface area (Å²) in [7, 11) is 0. The van der Waals surface area contributed by atoms with Gasteiger partial charge in [0.05, 0.1) is 10.6 Å². The van der Waals surface area contributed by atoms with Gasteiger partial charge < -0.3 is 24.5 Å². The van der Waals surface area contributed by atoms with Crippen molar-refractivity contribution in [3.8, 4) is 5.75 Å². The molecule has 0 spiro atoms. The number of para-hydroxylation sites is 1. The zero-order valence-electron chi connectivity index (χ0n) is 19.9. The van der Waals surface area contributed by atoms with Crippen molar-refractivity contribution in [1.82, 2.24) is 9.80 Å². The standard InChI is InChI=1S/C25H25ClF3N3O5/c1-15-12-32(22(33)18-9-8-17(11-19(18)26)37-14-25(27,28)29)20-6-3-2-5-16(20)13-31(15)24(36)30-10-4-7-21(30)23(34)35/h2-3,5-6,8-9,11,15,21H,4,7,10,12-14H2,1H3,(H,34,35)/t15-,21+/m1/s1. The summed E-state index contributed by atoms with van der Waals surface area (Å²) in [6, 6.07) is 8.95. The number of halogens is 4. The molecule has 0 bridgehead atoms. The number of aliphatic carboxylic acids is 1. The van der Waals surface area contributed by atoms with Gasteiger partial charge >= 0.3 is 18.2 Å². The van der Waals surface area contributed by atoms with Gasteiger partial charge in [0.2, 0.25) is 0 Å². The Kier molecular flexibility index (Phi) is 7.54. The number of rotatable bonds is 4. The first-order valence-electron chi connectivity index (χ1n) is 11.6. The van der Waals surface area contributed by atoms with Crippen molar-refractivity contribution in [2.45, 2.75) is 44.6 Å². The smallest absolute Gasteiger partial charge is 0.422 e. The van der Waals surface area contributed by atoms with Crippen LogP contribution in [0.1, 0.15) is 35.7 Å². The third-order valence-electron chi connectivity index (χ3n) is 6.45. The van der Waals surface area contributed by atoms with Gasteiger partial charge in [-0.15, -0.1) is 0 Å². The van der Waals surface area contributed by atoms with Crippen molar-refractivity contribution in [2.75, 3.05) is 24.6 Å². The van der Waals surface area contributed by atoms with Crippen LogP contribution in [0.25, 0.3) is 0 Å². The molecular formula is C25H25ClF3N3O5. The van der Waals surface area contributed by atoms with Crippen LogP contribution >= 0.6 is 11.6 Å². The highest BCUT2D eigenvalue weighted by atomic mass is 35.5. The predicted molar refractivity (Wildman–Crippen MR) is 129 cm³/mol. The van der Waals surface area contributed by atoms with Crippen LogP contribution in [0.5, 0.6) is 5.75 Å². The van der Waals surface area contributed by atoms with Gasteiger partial charge in [0.1, 0.15) is 11.8 Å². The lowest BCUT2D eigenvalue weighted by Gasteiger charge is -2.34. The van der Waals surface area contributed by atoms with E-state index in [1.54, 1.807) is 36.1 Å². The van der Waals surface area contributed by atoms with E-state index in [4.69, 9.17) is 16.3 Å². The Labute approximate surface area is 216 Å². The largest absolute Gasteiger partial charge is 0.484 e. The van der Waals surface area contributed by atoms with Gasteiger partial charge in [-0.2, -0.15) is 13.2 Å². The summed E-state index contributed by atoms with van der Waals surface area (Å²) in [4.78, 5) is 43.1. The second-order valence-electron chi connectivity index (χ2n) is 9.04. The van der Waals surface area contributed by atoms with E-state index in [0.29, 0.717) is 30.6 Å². The van der Waals surface area contributed by atoms with Gasteiger partial charge in [-0.05, 0) is 49.6 Å². The number of carboxylic acids is 1. The molecule has 0 unspecified atom stereocenters. The first-order chi connectivity index (χ1) is 17.5. The summed E-state index contributed by atoms with van der Waals surface area (Å²) >= 11 is 6.27. The lowest BCUT2D eigenvalue weighted by atomic mass is 10.1. The maximum atomic E-state index is 13.6. The molecule has 2 aromatic carbocycles. The zero-order valence-corrected chi connectivity index (χ0v) is 20.6. The lowest BCUT2D eigenvalue weighted by Crippen LogP contribution is -2.52. The number of amides is 3. The molecule has 2 aliphatic rings. The van der Waals surface area contributed by atoms with Gasteiger partial charge in [0.25, 0.3) is 5.91 Å². The summed E-state index contributed by atoms with van der Waals surface area (Å²) in [6.07, 6.45) is -3.55. The molecule has 37 heavy (non-hydrogen) atoms. The topological polar surface area (TPSA) is 90.4 Å². The van der Waals surface area contributed by atoms with E-state index in [1.807, 2.05) is 0 Å². The van der Waals surface area contributed by atoms with Crippen LogP contribution in [0.2, 0.25) is 5.02 Å². The summed E-state index contributed by atoms with van der Waals surface area (Å²) < 4.78 is 42.1. The SMILES string of the molecule is C[C@@H]1CN(C(=O)c2ccc(OCC(F)(F)F)cc2Cl)c2ccccc2CN1C(=O)N1CCC[C@H]1C(=O)O. The lowest BCUT2D eigenvalue weighted by molar-refractivity contribution is -0.153. The fourth-order valence-corrected chi connectivity index (χ4v) is 4.90. The first kappa shape index (κ1) is 26.6. The minimum atomic E-state index is -4.52. The number of carbonyl (C=O) groups excluding carboxylic acids is 2. The Bertz CT molecular complexity index is 1210. The predicted octanol–water partition coefficient (Wildman–Crippen LogP) is 4.80. The van der Waals surface area contributed by atoms with Crippen molar-refractivity contribution in [3.05, 3.63) is 58.6 Å². The van der Waals surface area contributed by atoms with E-state index in [9.17, 15) is 32.7 Å². The van der Waals surface area contributed by atoms with E-state index in [1.165, 1.54) is 21.9 Å². The van der Waals surface area contributed by atoms with Gasteiger partial charge in [-0.1, -0.05) is 29.8 Å². The molecule has 2 aromatic rings. The molecule has 2 heterocycles. The van der Waals surface area contributed by atoms with Gasteiger partial charge in [-0.25, -0.2) is 9.59 Å². The molecular weight excluding hydrogens is 515 g/mol. The van der Waals surface area contributed by atoms with Gasteiger partial charge in [-0.3, -0.25) is 4.79 Å². The summed E-state index contributed by atoms with van der Waals surface area (Å²) in [6.45, 7) is 0.876. The fourth-order valence-electron chi connectivity index (χ4n) is 4.64. The molecule has 0 radical (unpaired) electrons. The molecule has 1 fully saturated rings. The van der Waals surface area contributed by atoms with Crippen LogP contribution in [0, 0.1) is 0 Å². The number of nitrogens with zero attached hydrogens (tertiary/aromatic N) is 3. The van der Waals surface area contributed by atoms with Crippen LogP contribution in [-0.4, -0.2) is 70.8 Å². The van der Waals surface area contributed by atoms with Crippen molar-refractivity contribution in [3.63, 3.8) is 0 Å². The third-order valence-corrected chi connectivity index (χ3v) is 6.76. The van der Waals surface area contributed by atoms with Crippen LogP contribution in [0.4, 0.5) is 23.7 Å². The second-order valence-corrected chi connectivity index (χ2v) is 9.45. The number of fused-ring (bicyclic) bond motifs is 1. The van der Waals surface area contributed by atoms with E-state index in [0.717, 1.165) is 6.07 Å². The summed E-state index contributed by atoms with van der Waals surface area (Å²) in [5, 5.41) is 9.45. The Morgan fingerprint density at radius 2 is 1.86 bits per heavy atom. The molecule has 2 aliphatic heterocycles. The van der Waals surface area contributed by atoms with Gasteiger partial charge in [0.15, 0.2) is 6.61 Å². The Hall–Kier alpha value is -3.47. The van der Waals surface area contributed by atoms with Crippen LogP contribution < -0.4 is 9.64 Å². The summed E-state index contributed by atoms with van der Waals surface area (Å²) in [5.74, 6) is -1.67. The van der Waals surface area contributed by atoms with Crippen LogP contribution in [0.3, 0.4) is 0 Å². The number of ether oxygens (including phenoxy) is 1. The Balaban J connectivity index is 1.61. The fraction of sp³-hybridized carbons (Fsp3) is 0.400. The Morgan fingerprint density at radius 1 is 1.14 bits per heavy atom. The minimum absolute atomic E-state index is 0.0632. The Morgan fingerprint density at radius 3 is 2.54 bits per heavy atom. The number of likely N-dealkylation sites (tertiary alicyclic amines) is 1. The number of hydrogen-bond donors (Lipinski definition) is 1. The van der Waals surface area contributed by atoms with Crippen molar-refractivity contribution >= 4 is 35.2 Å².